The van der Waals surface area contributed by atoms with Crippen LogP contribution in [0.3, 0.4) is 0 Å². The molecule has 1 atom stereocenters. The summed E-state index contributed by atoms with van der Waals surface area (Å²) in [6, 6.07) is 9.12. The fourth-order valence-electron chi connectivity index (χ4n) is 2.18. The first kappa shape index (κ1) is 15.0. The summed E-state index contributed by atoms with van der Waals surface area (Å²) in [7, 11) is 8.43. The van der Waals surface area contributed by atoms with Crippen LogP contribution < -0.4 is 10.2 Å². The van der Waals surface area contributed by atoms with E-state index in [0.717, 1.165) is 19.5 Å². The van der Waals surface area contributed by atoms with Gasteiger partial charge in [-0.1, -0.05) is 25.1 Å². The van der Waals surface area contributed by atoms with Crippen LogP contribution in [0.4, 0.5) is 5.69 Å². The minimum Gasteiger partial charge on any atom is -0.373 e. The Balaban J connectivity index is 2.86. The molecule has 0 aliphatic carbocycles. The van der Waals surface area contributed by atoms with Crippen molar-refractivity contribution in [1.29, 1.82) is 0 Å². The van der Waals surface area contributed by atoms with Gasteiger partial charge in [-0.25, -0.2) is 0 Å². The Bertz CT molecular complexity index is 345. The molecule has 0 saturated carbocycles. The molecule has 102 valence electrons. The van der Waals surface area contributed by atoms with E-state index in [2.05, 4.69) is 67.4 Å². The second kappa shape index (κ2) is 7.39. The predicted molar refractivity (Wildman–Crippen MR) is 80.4 cm³/mol. The van der Waals surface area contributed by atoms with Gasteiger partial charge in [-0.15, -0.1) is 0 Å². The van der Waals surface area contributed by atoms with E-state index in [9.17, 15) is 0 Å². The lowest BCUT2D eigenvalue weighted by atomic mass is 10.0. The molecular formula is C15H27N3. The predicted octanol–water partition coefficient (Wildman–Crippen LogP) is 2.35. The number of nitrogens with one attached hydrogen (secondary N) is 1. The summed E-state index contributed by atoms with van der Waals surface area (Å²) in [6.07, 6.45) is 1.11. The molecule has 0 bridgehead atoms. The lowest BCUT2D eigenvalue weighted by Gasteiger charge is -2.27. The first-order valence-electron chi connectivity index (χ1n) is 6.72. The Kier molecular flexibility index (Phi) is 6.16. The van der Waals surface area contributed by atoms with E-state index in [-0.39, 0.29) is 0 Å². The quantitative estimate of drug-likeness (QED) is 0.800. The molecule has 1 aromatic rings. The SMILES string of the molecule is CCC(NC)c1ccccc1N(C)CCN(C)C. The average Bonchev–Trinajstić information content (AvgIpc) is 2.38. The van der Waals surface area contributed by atoms with E-state index in [1.54, 1.807) is 0 Å². The maximum atomic E-state index is 3.39. The van der Waals surface area contributed by atoms with Crippen LogP contribution in [0, 0.1) is 0 Å². The molecule has 0 saturated heterocycles. The molecule has 0 fully saturated rings. The molecule has 0 amide bonds. The van der Waals surface area contributed by atoms with Gasteiger partial charge in [-0.2, -0.15) is 0 Å². The number of hydrogen-bond donors (Lipinski definition) is 1. The number of hydrogen-bond acceptors (Lipinski definition) is 3. The smallest absolute Gasteiger partial charge is 0.0412 e. The number of anilines is 1. The highest BCUT2D eigenvalue weighted by Crippen LogP contribution is 2.27. The van der Waals surface area contributed by atoms with Gasteiger partial charge in [0.05, 0.1) is 0 Å². The summed E-state index contributed by atoms with van der Waals surface area (Å²) in [5, 5.41) is 3.39. The number of likely N-dealkylation sites (N-methyl/N-ethyl adjacent to an activating group) is 2. The van der Waals surface area contributed by atoms with Gasteiger partial charge in [0.2, 0.25) is 0 Å². The fraction of sp³-hybridized carbons (Fsp3) is 0.600. The van der Waals surface area contributed by atoms with Crippen LogP contribution in [-0.4, -0.2) is 46.2 Å². The van der Waals surface area contributed by atoms with E-state index in [1.807, 2.05) is 7.05 Å². The molecule has 1 N–H and O–H groups in total. The van der Waals surface area contributed by atoms with E-state index >= 15 is 0 Å². The first-order valence-corrected chi connectivity index (χ1v) is 6.72. The Labute approximate surface area is 112 Å². The van der Waals surface area contributed by atoms with Gasteiger partial charge in [0.25, 0.3) is 0 Å². The largest absolute Gasteiger partial charge is 0.373 e. The minimum atomic E-state index is 0.433. The number of para-hydroxylation sites is 1. The van der Waals surface area contributed by atoms with Crippen molar-refractivity contribution >= 4 is 5.69 Å². The third-order valence-electron chi connectivity index (χ3n) is 3.36. The zero-order chi connectivity index (χ0) is 13.5. The standard InChI is InChI=1S/C15H27N3/c1-6-14(16-2)13-9-7-8-10-15(13)18(5)12-11-17(3)4/h7-10,14,16H,6,11-12H2,1-5H3. The second-order valence-corrected chi connectivity index (χ2v) is 5.03. The zero-order valence-electron chi connectivity index (χ0n) is 12.4. The number of rotatable bonds is 7. The molecule has 1 rings (SSSR count). The van der Waals surface area contributed by atoms with Gasteiger partial charge >= 0.3 is 0 Å². The van der Waals surface area contributed by atoms with Crippen molar-refractivity contribution in [2.45, 2.75) is 19.4 Å². The Morgan fingerprint density at radius 1 is 1.11 bits per heavy atom. The average molecular weight is 249 g/mol. The summed E-state index contributed by atoms with van der Waals surface area (Å²) < 4.78 is 0. The third-order valence-corrected chi connectivity index (χ3v) is 3.36. The van der Waals surface area contributed by atoms with Gasteiger partial charge in [0, 0.05) is 31.9 Å². The van der Waals surface area contributed by atoms with Crippen LogP contribution in [0.2, 0.25) is 0 Å². The highest BCUT2D eigenvalue weighted by molar-refractivity contribution is 5.54. The van der Waals surface area contributed by atoms with E-state index < -0.39 is 0 Å². The molecule has 3 nitrogen and oxygen atoms in total. The summed E-state index contributed by atoms with van der Waals surface area (Å²) in [6.45, 7) is 4.34. The monoisotopic (exact) mass is 249 g/mol. The highest BCUT2D eigenvalue weighted by Gasteiger charge is 2.13. The lowest BCUT2D eigenvalue weighted by molar-refractivity contribution is 0.416. The zero-order valence-corrected chi connectivity index (χ0v) is 12.4. The molecular weight excluding hydrogens is 222 g/mol. The van der Waals surface area contributed by atoms with Crippen molar-refractivity contribution in [1.82, 2.24) is 10.2 Å². The highest BCUT2D eigenvalue weighted by atomic mass is 15.2. The van der Waals surface area contributed by atoms with Crippen molar-refractivity contribution in [2.24, 2.45) is 0 Å². The van der Waals surface area contributed by atoms with Crippen LogP contribution in [0.15, 0.2) is 24.3 Å². The molecule has 1 unspecified atom stereocenters. The molecule has 3 heteroatoms. The van der Waals surface area contributed by atoms with Gasteiger partial charge in [0.1, 0.15) is 0 Å². The van der Waals surface area contributed by atoms with Crippen molar-refractivity contribution in [3.8, 4) is 0 Å². The van der Waals surface area contributed by atoms with Crippen LogP contribution >= 0.6 is 0 Å². The third kappa shape index (κ3) is 4.00. The van der Waals surface area contributed by atoms with Crippen LogP contribution in [0.5, 0.6) is 0 Å². The fourth-order valence-corrected chi connectivity index (χ4v) is 2.18. The summed E-state index contributed by atoms with van der Waals surface area (Å²) in [5.41, 5.74) is 2.73. The Morgan fingerprint density at radius 3 is 2.33 bits per heavy atom. The van der Waals surface area contributed by atoms with Crippen LogP contribution in [-0.2, 0) is 0 Å². The van der Waals surface area contributed by atoms with Gasteiger partial charge < -0.3 is 15.1 Å². The molecule has 0 heterocycles. The molecule has 0 aliphatic heterocycles. The molecule has 1 aromatic carbocycles. The topological polar surface area (TPSA) is 18.5 Å². The van der Waals surface area contributed by atoms with Crippen molar-refractivity contribution in [2.75, 3.05) is 46.2 Å². The second-order valence-electron chi connectivity index (χ2n) is 5.03. The van der Waals surface area contributed by atoms with Crippen molar-refractivity contribution in [3.63, 3.8) is 0 Å². The normalized spacial score (nSPS) is 12.8. The molecule has 0 aliphatic rings. The van der Waals surface area contributed by atoms with Gasteiger partial charge in [-0.3, -0.25) is 0 Å². The molecule has 18 heavy (non-hydrogen) atoms. The Morgan fingerprint density at radius 2 is 1.78 bits per heavy atom. The molecule has 0 aromatic heterocycles. The van der Waals surface area contributed by atoms with Crippen LogP contribution in [0.25, 0.3) is 0 Å². The number of nitrogens with zero attached hydrogens (tertiary/aromatic N) is 2. The summed E-state index contributed by atoms with van der Waals surface area (Å²) >= 11 is 0. The van der Waals surface area contributed by atoms with E-state index in [1.165, 1.54) is 11.3 Å². The van der Waals surface area contributed by atoms with E-state index in [4.69, 9.17) is 0 Å². The maximum Gasteiger partial charge on any atom is 0.0412 e. The van der Waals surface area contributed by atoms with Gasteiger partial charge in [-0.05, 0) is 39.2 Å². The van der Waals surface area contributed by atoms with E-state index in [0.29, 0.717) is 6.04 Å². The number of benzene rings is 1. The van der Waals surface area contributed by atoms with Gasteiger partial charge in [0.15, 0.2) is 0 Å². The lowest BCUT2D eigenvalue weighted by Crippen LogP contribution is -2.30. The maximum absolute atomic E-state index is 3.39. The van der Waals surface area contributed by atoms with Crippen LogP contribution in [0.1, 0.15) is 24.9 Å². The summed E-state index contributed by atoms with van der Waals surface area (Å²) in [5.74, 6) is 0. The van der Waals surface area contributed by atoms with Crippen molar-refractivity contribution < 1.29 is 0 Å². The Hall–Kier alpha value is -1.06. The molecule has 0 spiro atoms. The van der Waals surface area contributed by atoms with Crippen molar-refractivity contribution in [3.05, 3.63) is 29.8 Å². The molecule has 0 radical (unpaired) electrons. The minimum absolute atomic E-state index is 0.433. The first-order chi connectivity index (χ1) is 8.60. The summed E-state index contributed by atoms with van der Waals surface area (Å²) in [4.78, 5) is 4.56.